The molecule has 0 amide bonds. The van der Waals surface area contributed by atoms with Crippen LogP contribution in [0.5, 0.6) is 0 Å². The van der Waals surface area contributed by atoms with E-state index in [4.69, 9.17) is 5.73 Å². The maximum atomic E-state index is 5.70. The van der Waals surface area contributed by atoms with Crippen molar-refractivity contribution in [2.45, 2.75) is 19.9 Å². The van der Waals surface area contributed by atoms with Gasteiger partial charge in [0.15, 0.2) is 5.01 Å². The monoisotopic (exact) mass is 227 g/mol. The lowest BCUT2D eigenvalue weighted by Crippen LogP contribution is -2.03. The summed E-state index contributed by atoms with van der Waals surface area (Å²) in [6.07, 6.45) is 0. The number of aromatic nitrogens is 4. The van der Waals surface area contributed by atoms with E-state index in [1.165, 1.54) is 22.9 Å². The smallest absolute Gasteiger partial charge is 0.161 e. The molecule has 0 fully saturated rings. The number of hydrogen-bond donors (Lipinski definition) is 1. The first-order chi connectivity index (χ1) is 6.68. The van der Waals surface area contributed by atoms with Crippen LogP contribution in [-0.4, -0.2) is 19.8 Å². The minimum absolute atomic E-state index is 0.0672. The molecule has 5 nitrogen and oxygen atoms in total. The van der Waals surface area contributed by atoms with Gasteiger partial charge in [-0.1, -0.05) is 15.8 Å². The highest BCUT2D eigenvalue weighted by Crippen LogP contribution is 2.29. The van der Waals surface area contributed by atoms with Gasteiger partial charge in [0.2, 0.25) is 0 Å². The Labute approximate surface area is 89.2 Å². The van der Waals surface area contributed by atoms with Crippen molar-refractivity contribution in [1.29, 1.82) is 0 Å². The molecule has 0 aliphatic rings. The molecule has 7 heteroatoms. The lowest BCUT2D eigenvalue weighted by atomic mass is 10.4. The number of nitrogens with zero attached hydrogens (tertiary/aromatic N) is 4. The van der Waals surface area contributed by atoms with Gasteiger partial charge in [-0.25, -0.2) is 0 Å². The van der Waals surface area contributed by atoms with Crippen molar-refractivity contribution in [2.75, 3.05) is 0 Å². The lowest BCUT2D eigenvalue weighted by molar-refractivity contribution is 0.786. The number of hydrogen-bond acceptors (Lipinski definition) is 7. The molecule has 2 aromatic heterocycles. The van der Waals surface area contributed by atoms with E-state index < -0.39 is 0 Å². The molecule has 74 valence electrons. The Balaban J connectivity index is 2.39. The van der Waals surface area contributed by atoms with Crippen LogP contribution in [0.25, 0.3) is 9.88 Å². The summed E-state index contributed by atoms with van der Waals surface area (Å²) in [5.74, 6) is 0. The molecule has 0 aliphatic heterocycles. The molecule has 2 aromatic rings. The highest BCUT2D eigenvalue weighted by Gasteiger charge is 2.13. The van der Waals surface area contributed by atoms with E-state index in [1.807, 2.05) is 13.8 Å². The molecule has 2 heterocycles. The van der Waals surface area contributed by atoms with E-state index in [0.29, 0.717) is 0 Å². The van der Waals surface area contributed by atoms with Crippen LogP contribution in [0.3, 0.4) is 0 Å². The van der Waals surface area contributed by atoms with E-state index >= 15 is 0 Å². The summed E-state index contributed by atoms with van der Waals surface area (Å²) < 4.78 is 3.85. The summed E-state index contributed by atoms with van der Waals surface area (Å²) in [6.45, 7) is 3.80. The van der Waals surface area contributed by atoms with Gasteiger partial charge in [0.25, 0.3) is 0 Å². The molecule has 0 saturated carbocycles. The molecule has 0 aromatic carbocycles. The molecule has 2 rings (SSSR count). The van der Waals surface area contributed by atoms with Crippen molar-refractivity contribution in [3.8, 4) is 9.88 Å². The zero-order chi connectivity index (χ0) is 10.1. The second-order valence-corrected chi connectivity index (χ2v) is 4.68. The van der Waals surface area contributed by atoms with Crippen LogP contribution in [0.1, 0.15) is 23.7 Å². The van der Waals surface area contributed by atoms with Crippen molar-refractivity contribution in [1.82, 2.24) is 19.8 Å². The quantitative estimate of drug-likeness (QED) is 0.838. The Bertz CT molecular complexity index is 433. The molecule has 0 bridgehead atoms. The number of rotatable bonds is 2. The van der Waals surface area contributed by atoms with Gasteiger partial charge in [-0.2, -0.15) is 0 Å². The van der Waals surface area contributed by atoms with Crippen LogP contribution in [-0.2, 0) is 0 Å². The van der Waals surface area contributed by atoms with Gasteiger partial charge in [-0.3, -0.25) is 0 Å². The van der Waals surface area contributed by atoms with Crippen LogP contribution in [0.4, 0.5) is 0 Å². The molecule has 2 N–H and O–H groups in total. The normalized spacial score (nSPS) is 13.1. The Morgan fingerprint density at radius 1 is 1.29 bits per heavy atom. The lowest BCUT2D eigenvalue weighted by Gasteiger charge is -1.94. The fourth-order valence-electron chi connectivity index (χ4n) is 0.938. The first-order valence-corrected chi connectivity index (χ1v) is 5.66. The second kappa shape index (κ2) is 3.68. The predicted molar refractivity (Wildman–Crippen MR) is 56.2 cm³/mol. The zero-order valence-electron chi connectivity index (χ0n) is 7.76. The number of aryl methyl sites for hydroxylation is 1. The van der Waals surface area contributed by atoms with E-state index in [1.54, 1.807) is 0 Å². The van der Waals surface area contributed by atoms with Gasteiger partial charge in [0.1, 0.15) is 9.88 Å². The van der Waals surface area contributed by atoms with Crippen LogP contribution >= 0.6 is 22.9 Å². The SMILES string of the molecule is Cc1nnsc1-c1nnc(C(C)N)s1. The summed E-state index contributed by atoms with van der Waals surface area (Å²) in [5.41, 5.74) is 6.59. The third-order valence-electron chi connectivity index (χ3n) is 1.68. The van der Waals surface area contributed by atoms with Crippen LogP contribution < -0.4 is 5.73 Å². The first kappa shape index (κ1) is 9.63. The maximum Gasteiger partial charge on any atom is 0.161 e. The third kappa shape index (κ3) is 1.66. The molecule has 14 heavy (non-hydrogen) atoms. The summed E-state index contributed by atoms with van der Waals surface area (Å²) in [4.78, 5) is 0.981. The average Bonchev–Trinajstić information content (AvgIpc) is 2.71. The molecule has 1 atom stereocenters. The number of nitrogens with two attached hydrogens (primary N) is 1. The van der Waals surface area contributed by atoms with Crippen molar-refractivity contribution >= 4 is 22.9 Å². The van der Waals surface area contributed by atoms with Gasteiger partial charge in [0, 0.05) is 0 Å². The highest BCUT2D eigenvalue weighted by atomic mass is 32.1. The molecule has 0 saturated heterocycles. The first-order valence-electron chi connectivity index (χ1n) is 4.07. The Hall–Kier alpha value is -0.920. The average molecular weight is 227 g/mol. The van der Waals surface area contributed by atoms with Crippen LogP contribution in [0.15, 0.2) is 0 Å². The minimum atomic E-state index is -0.0672. The maximum absolute atomic E-state index is 5.70. The third-order valence-corrected chi connectivity index (χ3v) is 3.78. The van der Waals surface area contributed by atoms with Gasteiger partial charge in [0.05, 0.1) is 11.7 Å². The Morgan fingerprint density at radius 3 is 2.57 bits per heavy atom. The Morgan fingerprint density at radius 2 is 2.07 bits per heavy atom. The highest BCUT2D eigenvalue weighted by molar-refractivity contribution is 7.19. The minimum Gasteiger partial charge on any atom is -0.322 e. The molecule has 0 radical (unpaired) electrons. The standard InChI is InChI=1S/C7H9N5S2/c1-3(8)6-10-11-7(13-6)5-4(2)9-12-14-5/h3H,8H2,1-2H3. The Kier molecular flexibility index (Phi) is 2.53. The van der Waals surface area contributed by atoms with Crippen molar-refractivity contribution in [3.63, 3.8) is 0 Å². The summed E-state index contributed by atoms with van der Waals surface area (Å²) in [6, 6.07) is -0.0672. The largest absolute Gasteiger partial charge is 0.322 e. The molecular formula is C7H9N5S2. The van der Waals surface area contributed by atoms with Gasteiger partial charge >= 0.3 is 0 Å². The van der Waals surface area contributed by atoms with E-state index in [-0.39, 0.29) is 6.04 Å². The van der Waals surface area contributed by atoms with Crippen LogP contribution in [0, 0.1) is 6.92 Å². The van der Waals surface area contributed by atoms with Gasteiger partial charge in [-0.05, 0) is 25.4 Å². The summed E-state index contributed by atoms with van der Waals surface area (Å²) >= 11 is 2.83. The van der Waals surface area contributed by atoms with E-state index in [2.05, 4.69) is 19.8 Å². The molecule has 0 aliphatic carbocycles. The summed E-state index contributed by atoms with van der Waals surface area (Å²) in [5, 5.41) is 13.7. The zero-order valence-corrected chi connectivity index (χ0v) is 9.39. The van der Waals surface area contributed by atoms with E-state index in [9.17, 15) is 0 Å². The molecule has 0 spiro atoms. The fourth-order valence-corrected chi connectivity index (χ4v) is 2.50. The topological polar surface area (TPSA) is 77.6 Å². The molecule has 1 unspecified atom stereocenters. The fraction of sp³-hybridized carbons (Fsp3) is 0.429. The van der Waals surface area contributed by atoms with Crippen molar-refractivity contribution in [3.05, 3.63) is 10.7 Å². The van der Waals surface area contributed by atoms with Crippen LogP contribution in [0.2, 0.25) is 0 Å². The van der Waals surface area contributed by atoms with Gasteiger partial charge in [-0.15, -0.1) is 15.3 Å². The van der Waals surface area contributed by atoms with Crippen molar-refractivity contribution < 1.29 is 0 Å². The predicted octanol–water partition coefficient (Wildman–Crippen LogP) is 1.38. The van der Waals surface area contributed by atoms with Gasteiger partial charge < -0.3 is 5.73 Å². The molecular weight excluding hydrogens is 218 g/mol. The summed E-state index contributed by atoms with van der Waals surface area (Å²) in [7, 11) is 0. The van der Waals surface area contributed by atoms with E-state index in [0.717, 1.165) is 20.6 Å². The second-order valence-electron chi connectivity index (χ2n) is 2.92. The van der Waals surface area contributed by atoms with Crippen molar-refractivity contribution in [2.24, 2.45) is 5.73 Å².